The van der Waals surface area contributed by atoms with Crippen LogP contribution >= 0.6 is 23.2 Å². The number of hydrogen-bond acceptors (Lipinski definition) is 4. The van der Waals surface area contributed by atoms with Gasteiger partial charge in [0.2, 0.25) is 5.91 Å². The number of benzene rings is 1. The normalized spacial score (nSPS) is 12.0. The minimum absolute atomic E-state index is 0.257. The molecule has 1 aromatic carbocycles. The molecule has 20 heavy (non-hydrogen) atoms. The monoisotopic (exact) mass is 314 g/mol. The summed E-state index contributed by atoms with van der Waals surface area (Å²) < 4.78 is 6.49. The van der Waals surface area contributed by atoms with Crippen LogP contribution < -0.4 is 10.1 Å². The van der Waals surface area contributed by atoms with Gasteiger partial charge in [-0.2, -0.15) is 5.10 Å². The van der Waals surface area contributed by atoms with E-state index in [2.05, 4.69) is 15.4 Å². The predicted octanol–water partition coefficient (Wildman–Crippen LogP) is 2.79. The average molecular weight is 315 g/mol. The molecule has 1 amide bonds. The van der Waals surface area contributed by atoms with Crippen LogP contribution in [0.25, 0.3) is 0 Å². The van der Waals surface area contributed by atoms with Crippen LogP contribution in [0.1, 0.15) is 13.0 Å². The maximum Gasteiger partial charge on any atom is 0.249 e. The van der Waals surface area contributed by atoms with Crippen LogP contribution in [-0.4, -0.2) is 27.8 Å². The summed E-state index contributed by atoms with van der Waals surface area (Å²) in [6.07, 6.45) is 2.84. The van der Waals surface area contributed by atoms with E-state index in [1.807, 2.05) is 0 Å². The molecule has 0 aliphatic carbocycles. The third-order valence-corrected chi connectivity index (χ3v) is 3.24. The molecule has 0 radical (unpaired) electrons. The Kier molecular flexibility index (Phi) is 4.46. The molecule has 8 heteroatoms. The van der Waals surface area contributed by atoms with Crippen LogP contribution in [0.3, 0.4) is 0 Å². The molecule has 0 saturated heterocycles. The molecular formula is C12H12Cl2N4O2. The first-order chi connectivity index (χ1) is 9.52. The number of nitrogens with zero attached hydrogens (tertiary/aromatic N) is 3. The van der Waals surface area contributed by atoms with Gasteiger partial charge in [-0.15, -0.1) is 0 Å². The molecule has 106 valence electrons. The Labute approximate surface area is 125 Å². The van der Waals surface area contributed by atoms with Gasteiger partial charge in [-0.05, 0) is 19.1 Å². The Bertz CT molecular complexity index is 593. The van der Waals surface area contributed by atoms with Gasteiger partial charge in [0.05, 0.1) is 17.2 Å². The summed E-state index contributed by atoms with van der Waals surface area (Å²) in [6.45, 7) is 1.71. The van der Waals surface area contributed by atoms with E-state index in [-0.39, 0.29) is 5.91 Å². The summed E-state index contributed by atoms with van der Waals surface area (Å²) in [4.78, 5) is 15.9. The molecule has 0 fully saturated rings. The summed E-state index contributed by atoms with van der Waals surface area (Å²) >= 11 is 12.0. The van der Waals surface area contributed by atoms with Gasteiger partial charge in [0.15, 0.2) is 5.75 Å². The highest BCUT2D eigenvalue weighted by atomic mass is 35.5. The van der Waals surface area contributed by atoms with E-state index in [9.17, 15) is 4.79 Å². The molecule has 2 rings (SSSR count). The lowest BCUT2D eigenvalue weighted by molar-refractivity contribution is -0.119. The SMILES string of the molecule is COc1c(Cl)cc(NC(=O)[C@H](C)n2cncn2)cc1Cl. The van der Waals surface area contributed by atoms with Gasteiger partial charge >= 0.3 is 0 Å². The molecule has 1 heterocycles. The van der Waals surface area contributed by atoms with Gasteiger partial charge in [-0.1, -0.05) is 23.2 Å². The van der Waals surface area contributed by atoms with Gasteiger partial charge in [0.25, 0.3) is 0 Å². The number of nitrogens with one attached hydrogen (secondary N) is 1. The van der Waals surface area contributed by atoms with E-state index in [0.717, 1.165) is 0 Å². The van der Waals surface area contributed by atoms with Crippen LogP contribution in [0.5, 0.6) is 5.75 Å². The first-order valence-corrected chi connectivity index (χ1v) is 6.46. The van der Waals surface area contributed by atoms with Crippen LogP contribution in [-0.2, 0) is 4.79 Å². The van der Waals surface area contributed by atoms with Gasteiger partial charge in [0, 0.05) is 5.69 Å². The van der Waals surface area contributed by atoms with E-state index in [1.165, 1.54) is 24.4 Å². The number of amides is 1. The van der Waals surface area contributed by atoms with Gasteiger partial charge < -0.3 is 10.1 Å². The Morgan fingerprint density at radius 2 is 2.05 bits per heavy atom. The zero-order chi connectivity index (χ0) is 14.7. The molecule has 1 atom stereocenters. The highest BCUT2D eigenvalue weighted by Crippen LogP contribution is 2.35. The van der Waals surface area contributed by atoms with Crippen LogP contribution in [0.4, 0.5) is 5.69 Å². The zero-order valence-electron chi connectivity index (χ0n) is 10.8. The first-order valence-electron chi connectivity index (χ1n) is 5.71. The molecule has 0 saturated carbocycles. The number of carbonyl (C=O) groups is 1. The number of hydrogen-bond donors (Lipinski definition) is 1. The molecule has 0 aliphatic rings. The summed E-state index contributed by atoms with van der Waals surface area (Å²) in [6, 6.07) is 2.63. The standard InChI is InChI=1S/C12H12Cl2N4O2/c1-7(18-6-15-5-16-18)12(19)17-8-3-9(13)11(20-2)10(14)4-8/h3-7H,1-2H3,(H,17,19)/t7-/m0/s1. The Hall–Kier alpha value is -1.79. The Morgan fingerprint density at radius 3 is 2.55 bits per heavy atom. The zero-order valence-corrected chi connectivity index (χ0v) is 12.3. The lowest BCUT2D eigenvalue weighted by Crippen LogP contribution is -2.24. The fourth-order valence-electron chi connectivity index (χ4n) is 1.61. The fourth-order valence-corrected chi connectivity index (χ4v) is 2.25. The largest absolute Gasteiger partial charge is 0.494 e. The van der Waals surface area contributed by atoms with Crippen molar-refractivity contribution in [2.24, 2.45) is 0 Å². The van der Waals surface area contributed by atoms with Crippen LogP contribution in [0.15, 0.2) is 24.8 Å². The van der Waals surface area contributed by atoms with Crippen molar-refractivity contribution in [2.45, 2.75) is 13.0 Å². The Balaban J connectivity index is 2.16. The quantitative estimate of drug-likeness (QED) is 0.942. The minimum Gasteiger partial charge on any atom is -0.494 e. The highest BCUT2D eigenvalue weighted by molar-refractivity contribution is 6.37. The van der Waals surface area contributed by atoms with Crippen molar-refractivity contribution in [2.75, 3.05) is 12.4 Å². The first kappa shape index (κ1) is 14.6. The van der Waals surface area contributed by atoms with Crippen molar-refractivity contribution in [1.29, 1.82) is 0 Å². The topological polar surface area (TPSA) is 69.0 Å². The molecule has 6 nitrogen and oxygen atoms in total. The smallest absolute Gasteiger partial charge is 0.249 e. The number of methoxy groups -OCH3 is 1. The lowest BCUT2D eigenvalue weighted by Gasteiger charge is -2.13. The maximum absolute atomic E-state index is 12.1. The number of anilines is 1. The second kappa shape index (κ2) is 6.11. The molecule has 0 spiro atoms. The second-order valence-electron chi connectivity index (χ2n) is 4.01. The molecule has 0 unspecified atom stereocenters. The maximum atomic E-state index is 12.1. The van der Waals surface area contributed by atoms with Crippen molar-refractivity contribution in [3.8, 4) is 5.75 Å². The summed E-state index contributed by atoms with van der Waals surface area (Å²) in [7, 11) is 1.47. The third-order valence-electron chi connectivity index (χ3n) is 2.68. The van der Waals surface area contributed by atoms with Crippen molar-refractivity contribution < 1.29 is 9.53 Å². The van der Waals surface area contributed by atoms with E-state index in [0.29, 0.717) is 21.5 Å². The average Bonchev–Trinajstić information content (AvgIpc) is 2.91. The van der Waals surface area contributed by atoms with Gasteiger partial charge in [-0.3, -0.25) is 4.79 Å². The summed E-state index contributed by atoms with van der Waals surface area (Å²) in [5, 5.41) is 7.27. The van der Waals surface area contributed by atoms with E-state index < -0.39 is 6.04 Å². The van der Waals surface area contributed by atoms with E-state index in [4.69, 9.17) is 27.9 Å². The van der Waals surface area contributed by atoms with Crippen molar-refractivity contribution in [3.05, 3.63) is 34.8 Å². The molecule has 1 aromatic heterocycles. The lowest BCUT2D eigenvalue weighted by atomic mass is 10.2. The molecular weight excluding hydrogens is 303 g/mol. The summed E-state index contributed by atoms with van der Waals surface area (Å²) in [5.74, 6) is 0.114. The summed E-state index contributed by atoms with van der Waals surface area (Å²) in [5.41, 5.74) is 0.484. The van der Waals surface area contributed by atoms with E-state index in [1.54, 1.807) is 19.1 Å². The van der Waals surface area contributed by atoms with E-state index >= 15 is 0 Å². The van der Waals surface area contributed by atoms with Crippen LogP contribution in [0.2, 0.25) is 10.0 Å². The predicted molar refractivity (Wildman–Crippen MR) is 76.4 cm³/mol. The highest BCUT2D eigenvalue weighted by Gasteiger charge is 2.17. The van der Waals surface area contributed by atoms with Crippen molar-refractivity contribution in [3.63, 3.8) is 0 Å². The number of halogens is 2. The number of carbonyl (C=O) groups excluding carboxylic acids is 1. The molecule has 0 aliphatic heterocycles. The Morgan fingerprint density at radius 1 is 1.40 bits per heavy atom. The van der Waals surface area contributed by atoms with Crippen molar-refractivity contribution >= 4 is 34.8 Å². The molecule has 0 bridgehead atoms. The fraction of sp³-hybridized carbons (Fsp3) is 0.250. The molecule has 1 N–H and O–H groups in total. The number of aromatic nitrogens is 3. The third kappa shape index (κ3) is 3.02. The minimum atomic E-state index is -0.503. The number of rotatable bonds is 4. The van der Waals surface area contributed by atoms with Gasteiger partial charge in [-0.25, -0.2) is 9.67 Å². The molecule has 2 aromatic rings. The second-order valence-corrected chi connectivity index (χ2v) is 4.83. The number of ether oxygens (including phenoxy) is 1. The van der Waals surface area contributed by atoms with Crippen LogP contribution in [0, 0.1) is 0 Å². The van der Waals surface area contributed by atoms with Gasteiger partial charge in [0.1, 0.15) is 18.7 Å². The van der Waals surface area contributed by atoms with Crippen molar-refractivity contribution in [1.82, 2.24) is 14.8 Å².